The van der Waals surface area contributed by atoms with Crippen LogP contribution in [-0.2, 0) is 4.79 Å². The Labute approximate surface area is 83.9 Å². The van der Waals surface area contributed by atoms with Gasteiger partial charge in [-0.2, -0.15) is 0 Å². The van der Waals surface area contributed by atoms with Gasteiger partial charge < -0.3 is 0 Å². The molecule has 1 aliphatic carbocycles. The SMILES string of the molecule is CC1(C)CC(=O)CC(C)(C)C1CP. The van der Waals surface area contributed by atoms with Gasteiger partial charge in [-0.1, -0.05) is 27.7 Å². The molecule has 0 spiro atoms. The predicted octanol–water partition coefficient (Wildman–Crippen LogP) is 2.89. The quantitative estimate of drug-likeness (QED) is 0.595. The largest absolute Gasteiger partial charge is 0.300 e. The van der Waals surface area contributed by atoms with E-state index in [2.05, 4.69) is 36.9 Å². The molecule has 1 rings (SSSR count). The molecule has 13 heavy (non-hydrogen) atoms. The van der Waals surface area contributed by atoms with Crippen molar-refractivity contribution in [2.24, 2.45) is 16.7 Å². The van der Waals surface area contributed by atoms with Gasteiger partial charge >= 0.3 is 0 Å². The maximum absolute atomic E-state index is 11.5. The van der Waals surface area contributed by atoms with Crippen LogP contribution < -0.4 is 0 Å². The molecule has 2 heteroatoms. The van der Waals surface area contributed by atoms with Gasteiger partial charge in [0.15, 0.2) is 0 Å². The Morgan fingerprint density at radius 2 is 1.62 bits per heavy atom. The van der Waals surface area contributed by atoms with E-state index in [0.717, 1.165) is 19.0 Å². The third-order valence-corrected chi connectivity index (χ3v) is 3.90. The van der Waals surface area contributed by atoms with E-state index in [9.17, 15) is 4.79 Å². The summed E-state index contributed by atoms with van der Waals surface area (Å²) in [7, 11) is 2.83. The van der Waals surface area contributed by atoms with Gasteiger partial charge in [-0.15, -0.1) is 9.24 Å². The highest BCUT2D eigenvalue weighted by Gasteiger charge is 2.45. The van der Waals surface area contributed by atoms with Crippen LogP contribution in [0.1, 0.15) is 40.5 Å². The molecule has 76 valence electrons. The summed E-state index contributed by atoms with van der Waals surface area (Å²) in [5.41, 5.74) is 0.362. The minimum atomic E-state index is 0.181. The van der Waals surface area contributed by atoms with Crippen molar-refractivity contribution in [2.45, 2.75) is 40.5 Å². The lowest BCUT2D eigenvalue weighted by molar-refractivity contribution is -0.130. The summed E-state index contributed by atoms with van der Waals surface area (Å²) in [6, 6.07) is 0. The van der Waals surface area contributed by atoms with Gasteiger partial charge in [-0.05, 0) is 22.9 Å². The Kier molecular flexibility index (Phi) is 2.88. The number of ketones is 1. The van der Waals surface area contributed by atoms with Crippen molar-refractivity contribution in [2.75, 3.05) is 6.16 Å². The Bertz CT molecular complexity index is 198. The lowest BCUT2D eigenvalue weighted by Gasteiger charge is -2.48. The fraction of sp³-hybridized carbons (Fsp3) is 0.909. The van der Waals surface area contributed by atoms with E-state index in [1.54, 1.807) is 0 Å². The second kappa shape index (κ2) is 3.35. The average Bonchev–Trinajstić information content (AvgIpc) is 1.79. The Balaban J connectivity index is 2.94. The zero-order valence-corrected chi connectivity index (χ0v) is 10.3. The van der Waals surface area contributed by atoms with Crippen LogP contribution in [0.2, 0.25) is 0 Å². The standard InChI is InChI=1S/C11H21OP/c1-10(2)5-8(12)6-11(3,4)9(10)7-13/h9H,5-7,13H2,1-4H3. The molecule has 0 N–H and O–H groups in total. The van der Waals surface area contributed by atoms with Gasteiger partial charge in [0.25, 0.3) is 0 Å². The molecule has 1 nitrogen and oxygen atoms in total. The van der Waals surface area contributed by atoms with E-state index in [-0.39, 0.29) is 10.8 Å². The van der Waals surface area contributed by atoms with E-state index in [1.165, 1.54) is 0 Å². The Hall–Kier alpha value is 0.100. The van der Waals surface area contributed by atoms with Crippen LogP contribution in [0.4, 0.5) is 0 Å². The first-order valence-electron chi connectivity index (χ1n) is 5.01. The second-order valence-corrected chi connectivity index (χ2v) is 6.13. The third kappa shape index (κ3) is 2.13. The Morgan fingerprint density at radius 3 is 1.92 bits per heavy atom. The minimum absolute atomic E-state index is 0.181. The van der Waals surface area contributed by atoms with Gasteiger partial charge in [0.1, 0.15) is 5.78 Å². The van der Waals surface area contributed by atoms with E-state index in [0.29, 0.717) is 11.7 Å². The molecule has 0 aromatic rings. The highest BCUT2D eigenvalue weighted by atomic mass is 31.0. The summed E-state index contributed by atoms with van der Waals surface area (Å²) in [6.07, 6.45) is 2.62. The van der Waals surface area contributed by atoms with E-state index in [1.807, 2.05) is 0 Å². The van der Waals surface area contributed by atoms with Gasteiger partial charge in [0.05, 0.1) is 0 Å². The number of hydrogen-bond acceptors (Lipinski definition) is 1. The summed E-state index contributed by atoms with van der Waals surface area (Å²) < 4.78 is 0. The summed E-state index contributed by atoms with van der Waals surface area (Å²) in [5, 5.41) is 0. The van der Waals surface area contributed by atoms with Crippen molar-refractivity contribution in [3.63, 3.8) is 0 Å². The smallest absolute Gasteiger partial charge is 0.133 e. The molecule has 0 amide bonds. The van der Waals surface area contributed by atoms with Gasteiger partial charge in [-0.25, -0.2) is 0 Å². The molecule has 1 fully saturated rings. The van der Waals surface area contributed by atoms with Crippen molar-refractivity contribution >= 4 is 15.0 Å². The van der Waals surface area contributed by atoms with Crippen molar-refractivity contribution in [1.82, 2.24) is 0 Å². The number of carbonyl (C=O) groups is 1. The lowest BCUT2D eigenvalue weighted by Crippen LogP contribution is -2.44. The van der Waals surface area contributed by atoms with Gasteiger partial charge in [-0.3, -0.25) is 4.79 Å². The van der Waals surface area contributed by atoms with Crippen LogP contribution in [0.3, 0.4) is 0 Å². The highest BCUT2D eigenvalue weighted by Crippen LogP contribution is 2.50. The van der Waals surface area contributed by atoms with Gasteiger partial charge in [0.2, 0.25) is 0 Å². The first kappa shape index (κ1) is 11.2. The van der Waals surface area contributed by atoms with Crippen LogP contribution in [0, 0.1) is 16.7 Å². The van der Waals surface area contributed by atoms with Crippen LogP contribution in [0.25, 0.3) is 0 Å². The van der Waals surface area contributed by atoms with E-state index in [4.69, 9.17) is 0 Å². The van der Waals surface area contributed by atoms with Crippen LogP contribution in [0.5, 0.6) is 0 Å². The fourth-order valence-corrected chi connectivity index (χ4v) is 4.30. The maximum Gasteiger partial charge on any atom is 0.133 e. The fourth-order valence-electron chi connectivity index (χ4n) is 3.02. The summed E-state index contributed by atoms with van der Waals surface area (Å²) in [5.74, 6) is 1.08. The monoisotopic (exact) mass is 200 g/mol. The van der Waals surface area contributed by atoms with Crippen LogP contribution in [-0.4, -0.2) is 11.9 Å². The van der Waals surface area contributed by atoms with Crippen molar-refractivity contribution < 1.29 is 4.79 Å². The average molecular weight is 200 g/mol. The lowest BCUT2D eigenvalue weighted by atomic mass is 9.57. The molecule has 0 aliphatic heterocycles. The van der Waals surface area contributed by atoms with E-state index < -0.39 is 0 Å². The zero-order chi connectivity index (χ0) is 10.3. The van der Waals surface area contributed by atoms with Crippen molar-refractivity contribution in [3.05, 3.63) is 0 Å². The molecule has 0 aromatic heterocycles. The number of carbonyl (C=O) groups excluding carboxylic acids is 1. The zero-order valence-electron chi connectivity index (χ0n) is 9.18. The molecule has 0 saturated heterocycles. The minimum Gasteiger partial charge on any atom is -0.300 e. The first-order chi connectivity index (χ1) is 5.79. The first-order valence-corrected chi connectivity index (χ1v) is 5.83. The molecular weight excluding hydrogens is 179 g/mol. The summed E-state index contributed by atoms with van der Waals surface area (Å²) in [4.78, 5) is 11.5. The Morgan fingerprint density at radius 1 is 1.23 bits per heavy atom. The summed E-state index contributed by atoms with van der Waals surface area (Å²) in [6.45, 7) is 8.89. The third-order valence-electron chi connectivity index (χ3n) is 3.43. The van der Waals surface area contributed by atoms with Crippen LogP contribution >= 0.6 is 9.24 Å². The molecule has 0 radical (unpaired) electrons. The molecule has 0 aromatic carbocycles. The number of Topliss-reactive ketones (excluding diaryl/α,β-unsaturated/α-hetero) is 1. The molecule has 1 unspecified atom stereocenters. The molecule has 0 heterocycles. The normalized spacial score (nSPS) is 27.6. The van der Waals surface area contributed by atoms with E-state index >= 15 is 0 Å². The van der Waals surface area contributed by atoms with Gasteiger partial charge in [0, 0.05) is 12.8 Å². The van der Waals surface area contributed by atoms with Crippen LogP contribution in [0.15, 0.2) is 0 Å². The second-order valence-electron chi connectivity index (χ2n) is 5.66. The highest BCUT2D eigenvalue weighted by molar-refractivity contribution is 7.16. The molecular formula is C11H21OP. The number of rotatable bonds is 1. The molecule has 1 atom stereocenters. The van der Waals surface area contributed by atoms with Crippen molar-refractivity contribution in [1.29, 1.82) is 0 Å². The molecule has 0 bridgehead atoms. The number of hydrogen-bond donors (Lipinski definition) is 0. The predicted molar refractivity (Wildman–Crippen MR) is 59.9 cm³/mol. The molecule has 1 aliphatic rings. The molecule has 1 saturated carbocycles. The van der Waals surface area contributed by atoms with Crippen molar-refractivity contribution in [3.8, 4) is 0 Å². The maximum atomic E-state index is 11.5. The summed E-state index contributed by atoms with van der Waals surface area (Å²) >= 11 is 0. The topological polar surface area (TPSA) is 17.1 Å².